The highest BCUT2D eigenvalue weighted by atomic mass is 16.5. The first-order chi connectivity index (χ1) is 8.67. The molecule has 0 aliphatic carbocycles. The van der Waals surface area contributed by atoms with Crippen LogP contribution in [0.4, 0.5) is 5.82 Å². The second-order valence-electron chi connectivity index (χ2n) is 4.20. The third-order valence-electron chi connectivity index (χ3n) is 2.39. The molecule has 0 saturated carbocycles. The maximum atomic E-state index is 5.71. The van der Waals surface area contributed by atoms with Crippen molar-refractivity contribution in [1.82, 2.24) is 9.97 Å². The molecule has 1 heterocycles. The van der Waals surface area contributed by atoms with E-state index in [9.17, 15) is 0 Å². The van der Waals surface area contributed by atoms with Gasteiger partial charge in [0, 0.05) is 6.54 Å². The van der Waals surface area contributed by atoms with Crippen LogP contribution in [0.3, 0.4) is 0 Å². The highest BCUT2D eigenvalue weighted by molar-refractivity contribution is 5.37. The first-order valence-corrected chi connectivity index (χ1v) is 5.99. The zero-order valence-corrected chi connectivity index (χ0v) is 10.9. The van der Waals surface area contributed by atoms with Crippen molar-refractivity contribution < 1.29 is 4.74 Å². The van der Waals surface area contributed by atoms with E-state index in [1.54, 1.807) is 12.4 Å². The number of benzene rings is 1. The van der Waals surface area contributed by atoms with Crippen molar-refractivity contribution in [1.29, 1.82) is 0 Å². The SMILES string of the molecule is CCNc1cncc(Oc2cc(C)cc(C)c2)n1. The number of hydrogen-bond acceptors (Lipinski definition) is 4. The molecule has 1 aromatic heterocycles. The largest absolute Gasteiger partial charge is 0.437 e. The van der Waals surface area contributed by atoms with Crippen LogP contribution >= 0.6 is 0 Å². The lowest BCUT2D eigenvalue weighted by Crippen LogP contribution is -2.00. The van der Waals surface area contributed by atoms with Gasteiger partial charge in [-0.25, -0.2) is 0 Å². The van der Waals surface area contributed by atoms with Crippen LogP contribution in [0, 0.1) is 13.8 Å². The quantitative estimate of drug-likeness (QED) is 0.894. The molecule has 0 unspecified atom stereocenters. The number of anilines is 1. The molecule has 94 valence electrons. The molecular weight excluding hydrogens is 226 g/mol. The topological polar surface area (TPSA) is 47.0 Å². The van der Waals surface area contributed by atoms with E-state index in [1.807, 2.05) is 32.9 Å². The lowest BCUT2D eigenvalue weighted by molar-refractivity contribution is 0.460. The summed E-state index contributed by atoms with van der Waals surface area (Å²) in [6.07, 6.45) is 3.29. The van der Waals surface area contributed by atoms with Gasteiger partial charge in [0.2, 0.25) is 5.88 Å². The molecule has 0 aliphatic rings. The van der Waals surface area contributed by atoms with Gasteiger partial charge in [0.1, 0.15) is 11.6 Å². The van der Waals surface area contributed by atoms with Gasteiger partial charge in [-0.2, -0.15) is 4.98 Å². The summed E-state index contributed by atoms with van der Waals surface area (Å²) in [5.74, 6) is 2.01. The van der Waals surface area contributed by atoms with Gasteiger partial charge in [-0.15, -0.1) is 0 Å². The number of nitrogens with one attached hydrogen (secondary N) is 1. The van der Waals surface area contributed by atoms with Crippen LogP contribution in [0.15, 0.2) is 30.6 Å². The number of aryl methyl sites for hydroxylation is 2. The van der Waals surface area contributed by atoms with Gasteiger partial charge >= 0.3 is 0 Å². The van der Waals surface area contributed by atoms with Crippen LogP contribution in [-0.4, -0.2) is 16.5 Å². The van der Waals surface area contributed by atoms with Gasteiger partial charge in [0.15, 0.2) is 0 Å². The van der Waals surface area contributed by atoms with E-state index in [-0.39, 0.29) is 0 Å². The minimum Gasteiger partial charge on any atom is -0.437 e. The molecule has 2 rings (SSSR count). The predicted molar refractivity (Wildman–Crippen MR) is 72.2 cm³/mol. The molecular formula is C14H17N3O. The minimum atomic E-state index is 0.499. The van der Waals surface area contributed by atoms with Crippen molar-refractivity contribution in [3.8, 4) is 11.6 Å². The Balaban J connectivity index is 2.20. The standard InChI is InChI=1S/C14H17N3O/c1-4-16-13-8-15-9-14(17-13)18-12-6-10(2)5-11(3)7-12/h5-9H,4H2,1-3H3,(H,16,17). The fourth-order valence-electron chi connectivity index (χ4n) is 1.78. The number of nitrogens with zero attached hydrogens (tertiary/aromatic N) is 2. The van der Waals surface area contributed by atoms with E-state index < -0.39 is 0 Å². The van der Waals surface area contributed by atoms with Crippen LogP contribution in [-0.2, 0) is 0 Å². The van der Waals surface area contributed by atoms with Crippen molar-refractivity contribution in [2.75, 3.05) is 11.9 Å². The van der Waals surface area contributed by atoms with Gasteiger partial charge in [-0.1, -0.05) is 6.07 Å². The van der Waals surface area contributed by atoms with Crippen molar-refractivity contribution in [3.63, 3.8) is 0 Å². The predicted octanol–water partition coefficient (Wildman–Crippen LogP) is 3.32. The smallest absolute Gasteiger partial charge is 0.239 e. The summed E-state index contributed by atoms with van der Waals surface area (Å²) in [4.78, 5) is 8.42. The molecule has 4 heteroatoms. The first kappa shape index (κ1) is 12.4. The van der Waals surface area contributed by atoms with Crippen LogP contribution in [0.2, 0.25) is 0 Å². The molecule has 0 fully saturated rings. The monoisotopic (exact) mass is 243 g/mol. The summed E-state index contributed by atoms with van der Waals surface area (Å²) in [6.45, 7) is 6.90. The average molecular weight is 243 g/mol. The molecule has 1 aromatic carbocycles. The average Bonchev–Trinajstić information content (AvgIpc) is 2.28. The Kier molecular flexibility index (Phi) is 3.77. The fraction of sp³-hybridized carbons (Fsp3) is 0.286. The Morgan fingerprint density at radius 3 is 2.50 bits per heavy atom. The lowest BCUT2D eigenvalue weighted by Gasteiger charge is -2.08. The Bertz CT molecular complexity index is 520. The summed E-state index contributed by atoms with van der Waals surface area (Å²) in [7, 11) is 0. The van der Waals surface area contributed by atoms with E-state index in [2.05, 4.69) is 21.4 Å². The molecule has 0 bridgehead atoms. The molecule has 0 aliphatic heterocycles. The summed E-state index contributed by atoms with van der Waals surface area (Å²) < 4.78 is 5.71. The van der Waals surface area contributed by atoms with Crippen molar-refractivity contribution >= 4 is 5.82 Å². The Hall–Kier alpha value is -2.10. The highest BCUT2D eigenvalue weighted by Gasteiger charge is 2.02. The second kappa shape index (κ2) is 5.49. The molecule has 2 aromatic rings. The molecule has 1 N–H and O–H groups in total. The van der Waals surface area contributed by atoms with E-state index in [1.165, 1.54) is 11.1 Å². The molecule has 18 heavy (non-hydrogen) atoms. The van der Waals surface area contributed by atoms with Crippen LogP contribution in [0.1, 0.15) is 18.1 Å². The Morgan fingerprint density at radius 2 is 1.83 bits per heavy atom. The summed E-state index contributed by atoms with van der Waals surface area (Å²) >= 11 is 0. The molecule has 0 radical (unpaired) electrons. The molecule has 4 nitrogen and oxygen atoms in total. The van der Waals surface area contributed by atoms with Crippen molar-refractivity contribution in [2.45, 2.75) is 20.8 Å². The summed E-state index contributed by atoms with van der Waals surface area (Å²) in [6, 6.07) is 6.07. The van der Waals surface area contributed by atoms with E-state index in [4.69, 9.17) is 4.74 Å². The molecule has 0 amide bonds. The zero-order chi connectivity index (χ0) is 13.0. The zero-order valence-electron chi connectivity index (χ0n) is 10.9. The highest BCUT2D eigenvalue weighted by Crippen LogP contribution is 2.22. The van der Waals surface area contributed by atoms with Gasteiger partial charge in [-0.3, -0.25) is 4.98 Å². The van der Waals surface area contributed by atoms with Gasteiger partial charge < -0.3 is 10.1 Å². The van der Waals surface area contributed by atoms with Crippen molar-refractivity contribution in [2.24, 2.45) is 0 Å². The number of rotatable bonds is 4. The summed E-state index contributed by atoms with van der Waals surface area (Å²) in [5.41, 5.74) is 2.33. The third-order valence-corrected chi connectivity index (χ3v) is 2.39. The minimum absolute atomic E-state index is 0.499. The number of hydrogen-bond donors (Lipinski definition) is 1. The lowest BCUT2D eigenvalue weighted by atomic mass is 10.1. The van der Waals surface area contributed by atoms with Gasteiger partial charge in [-0.05, 0) is 44.0 Å². The Labute approximate surface area is 107 Å². The maximum Gasteiger partial charge on any atom is 0.239 e. The van der Waals surface area contributed by atoms with E-state index in [0.717, 1.165) is 18.1 Å². The summed E-state index contributed by atoms with van der Waals surface area (Å²) in [5, 5.41) is 3.10. The van der Waals surface area contributed by atoms with Crippen LogP contribution < -0.4 is 10.1 Å². The number of aromatic nitrogens is 2. The molecule has 0 atom stereocenters. The fourth-order valence-corrected chi connectivity index (χ4v) is 1.78. The second-order valence-corrected chi connectivity index (χ2v) is 4.20. The third kappa shape index (κ3) is 3.20. The normalized spacial score (nSPS) is 10.2. The van der Waals surface area contributed by atoms with E-state index >= 15 is 0 Å². The molecule has 0 saturated heterocycles. The van der Waals surface area contributed by atoms with Crippen LogP contribution in [0.25, 0.3) is 0 Å². The van der Waals surface area contributed by atoms with Gasteiger partial charge in [0.25, 0.3) is 0 Å². The van der Waals surface area contributed by atoms with Crippen molar-refractivity contribution in [3.05, 3.63) is 41.7 Å². The molecule has 0 spiro atoms. The first-order valence-electron chi connectivity index (χ1n) is 5.99. The van der Waals surface area contributed by atoms with Crippen LogP contribution in [0.5, 0.6) is 11.6 Å². The van der Waals surface area contributed by atoms with E-state index in [0.29, 0.717) is 5.88 Å². The Morgan fingerprint density at radius 1 is 1.11 bits per heavy atom. The van der Waals surface area contributed by atoms with Gasteiger partial charge in [0.05, 0.1) is 12.4 Å². The maximum absolute atomic E-state index is 5.71. The number of ether oxygens (including phenoxy) is 1.